The van der Waals surface area contributed by atoms with Crippen molar-refractivity contribution in [3.05, 3.63) is 54.1 Å². The topological polar surface area (TPSA) is 121 Å². The molecule has 3 N–H and O–H groups in total. The third-order valence-corrected chi connectivity index (χ3v) is 9.26. The second kappa shape index (κ2) is 11.6. The molecule has 13 heteroatoms. The van der Waals surface area contributed by atoms with Crippen molar-refractivity contribution in [2.75, 3.05) is 11.9 Å². The smallest absolute Gasteiger partial charge is 0.416 e. The number of carboxylic acid groups (broad SMARTS) is 1. The standard InChI is InChI=1S/C31H35F3N4O5S/c1-5-17-15-30(17,27(41)42)37-25(39)22-14-20(43-28-36-21-11-6-7-12-23(21)44-28)16-38(22)26(40)24(29(2,3)4)35-19-10-8-9-18(13-19)31(32,33)34/h6-13,17,20,22,24,35H,5,14-16H2,1-4H3,(H,37,39)(H,41,42). The Morgan fingerprint density at radius 2 is 1.89 bits per heavy atom. The fourth-order valence-electron chi connectivity index (χ4n) is 5.78. The highest BCUT2D eigenvalue weighted by Gasteiger charge is 2.61. The molecule has 2 amide bonds. The summed E-state index contributed by atoms with van der Waals surface area (Å²) in [6.45, 7) is 7.16. The van der Waals surface area contributed by atoms with Crippen LogP contribution in [-0.2, 0) is 20.6 Å². The molecule has 1 saturated heterocycles. The summed E-state index contributed by atoms with van der Waals surface area (Å²) in [6.07, 6.45) is -4.26. The number of alkyl halides is 3. The minimum absolute atomic E-state index is 0.000966. The minimum Gasteiger partial charge on any atom is -0.479 e. The number of aliphatic carboxylic acids is 1. The molecule has 5 unspecified atom stereocenters. The van der Waals surface area contributed by atoms with Gasteiger partial charge in [0.25, 0.3) is 5.19 Å². The Labute approximate surface area is 256 Å². The maximum atomic E-state index is 14.2. The Morgan fingerprint density at radius 1 is 1.16 bits per heavy atom. The summed E-state index contributed by atoms with van der Waals surface area (Å²) < 4.78 is 47.3. The number of ether oxygens (including phenoxy) is 1. The van der Waals surface area contributed by atoms with Gasteiger partial charge in [0.05, 0.1) is 22.3 Å². The van der Waals surface area contributed by atoms with Crippen LogP contribution in [0.25, 0.3) is 10.2 Å². The number of carboxylic acids is 1. The molecule has 1 aliphatic heterocycles. The first-order valence-electron chi connectivity index (χ1n) is 14.4. The number of likely N-dealkylation sites (tertiary alicyclic amines) is 1. The Balaban J connectivity index is 1.43. The van der Waals surface area contributed by atoms with Crippen molar-refractivity contribution in [3.63, 3.8) is 0 Å². The van der Waals surface area contributed by atoms with Crippen molar-refractivity contribution < 1.29 is 37.4 Å². The number of halogens is 3. The average Bonchev–Trinajstić information content (AvgIpc) is 3.28. The van der Waals surface area contributed by atoms with E-state index in [-0.39, 0.29) is 24.6 Å². The number of rotatable bonds is 9. The number of amides is 2. The van der Waals surface area contributed by atoms with Gasteiger partial charge in [0.1, 0.15) is 23.7 Å². The molecule has 44 heavy (non-hydrogen) atoms. The van der Waals surface area contributed by atoms with Crippen LogP contribution in [0.2, 0.25) is 0 Å². The van der Waals surface area contributed by atoms with E-state index in [1.165, 1.54) is 28.4 Å². The zero-order valence-corrected chi connectivity index (χ0v) is 25.6. The Morgan fingerprint density at radius 3 is 2.50 bits per heavy atom. The molecule has 9 nitrogen and oxygen atoms in total. The van der Waals surface area contributed by atoms with E-state index in [0.29, 0.717) is 18.0 Å². The molecule has 1 aromatic heterocycles. The highest BCUT2D eigenvalue weighted by molar-refractivity contribution is 7.20. The maximum Gasteiger partial charge on any atom is 0.416 e. The number of nitrogens with one attached hydrogen (secondary N) is 2. The summed E-state index contributed by atoms with van der Waals surface area (Å²) in [7, 11) is 0. The van der Waals surface area contributed by atoms with Gasteiger partial charge in [-0.1, -0.05) is 63.7 Å². The summed E-state index contributed by atoms with van der Waals surface area (Å²) in [5, 5.41) is 16.0. The predicted molar refractivity (Wildman–Crippen MR) is 159 cm³/mol. The zero-order chi connectivity index (χ0) is 32.0. The quantitative estimate of drug-likeness (QED) is 0.283. The molecule has 5 rings (SSSR count). The van der Waals surface area contributed by atoms with Crippen molar-refractivity contribution in [2.24, 2.45) is 11.3 Å². The minimum atomic E-state index is -4.57. The number of hydrogen-bond acceptors (Lipinski definition) is 7. The lowest BCUT2D eigenvalue weighted by Crippen LogP contribution is -2.56. The van der Waals surface area contributed by atoms with Crippen LogP contribution in [-0.4, -0.2) is 63.0 Å². The first-order chi connectivity index (χ1) is 20.6. The number of anilines is 1. The second-order valence-corrected chi connectivity index (χ2v) is 13.5. The van der Waals surface area contributed by atoms with E-state index in [9.17, 15) is 32.7 Å². The number of aromatic nitrogens is 1. The predicted octanol–water partition coefficient (Wildman–Crippen LogP) is 5.56. The molecule has 0 radical (unpaired) electrons. The molecule has 2 aliphatic rings. The number of carbonyl (C=O) groups is 3. The molecular formula is C31H35F3N4O5S. The Kier molecular flexibility index (Phi) is 8.29. The van der Waals surface area contributed by atoms with Crippen molar-refractivity contribution >= 4 is 45.0 Å². The summed E-state index contributed by atoms with van der Waals surface area (Å²) in [4.78, 5) is 45.9. The van der Waals surface area contributed by atoms with Gasteiger partial charge in [-0.15, -0.1) is 0 Å². The van der Waals surface area contributed by atoms with Gasteiger partial charge in [0.15, 0.2) is 0 Å². The van der Waals surface area contributed by atoms with Gasteiger partial charge in [0, 0.05) is 12.1 Å². The summed E-state index contributed by atoms with van der Waals surface area (Å²) in [6, 6.07) is 9.98. The van der Waals surface area contributed by atoms with Crippen LogP contribution >= 0.6 is 11.3 Å². The molecule has 1 saturated carbocycles. The summed E-state index contributed by atoms with van der Waals surface area (Å²) >= 11 is 1.33. The van der Waals surface area contributed by atoms with Crippen LogP contribution in [0.3, 0.4) is 0 Å². The molecule has 2 heterocycles. The third kappa shape index (κ3) is 6.33. The molecule has 0 spiro atoms. The fraction of sp³-hybridized carbons (Fsp3) is 0.484. The van der Waals surface area contributed by atoms with Crippen LogP contribution in [0.4, 0.5) is 18.9 Å². The molecular weight excluding hydrogens is 597 g/mol. The average molecular weight is 633 g/mol. The van der Waals surface area contributed by atoms with Gasteiger partial charge >= 0.3 is 12.1 Å². The van der Waals surface area contributed by atoms with Gasteiger partial charge in [-0.2, -0.15) is 13.2 Å². The highest BCUT2D eigenvalue weighted by atomic mass is 32.1. The molecule has 1 aliphatic carbocycles. The summed E-state index contributed by atoms with van der Waals surface area (Å²) in [5.41, 5.74) is -2.20. The summed E-state index contributed by atoms with van der Waals surface area (Å²) in [5.74, 6) is -2.49. The van der Waals surface area contributed by atoms with Gasteiger partial charge in [-0.05, 0) is 48.1 Å². The lowest BCUT2D eigenvalue weighted by molar-refractivity contribution is -0.146. The van der Waals surface area contributed by atoms with Crippen LogP contribution in [0.5, 0.6) is 5.19 Å². The molecule has 0 bridgehead atoms. The fourth-order valence-corrected chi connectivity index (χ4v) is 6.66. The first kappa shape index (κ1) is 31.6. The van der Waals surface area contributed by atoms with Gasteiger partial charge < -0.3 is 25.4 Å². The van der Waals surface area contributed by atoms with E-state index in [2.05, 4.69) is 15.6 Å². The SMILES string of the molecule is CCC1CC1(NC(=O)C1CC(Oc2nc3ccccc3s2)CN1C(=O)C(Nc1cccc(C(F)(F)F)c1)C(C)(C)C)C(=O)O. The number of fused-ring (bicyclic) bond motifs is 1. The highest BCUT2D eigenvalue weighted by Crippen LogP contribution is 2.46. The van der Waals surface area contributed by atoms with E-state index < -0.39 is 58.7 Å². The second-order valence-electron chi connectivity index (χ2n) is 12.5. The van der Waals surface area contributed by atoms with Gasteiger partial charge in [0.2, 0.25) is 11.8 Å². The van der Waals surface area contributed by atoms with Crippen molar-refractivity contribution in [1.29, 1.82) is 0 Å². The molecule has 236 valence electrons. The maximum absolute atomic E-state index is 14.2. The molecule has 2 fully saturated rings. The number of para-hydroxylation sites is 1. The number of hydrogen-bond donors (Lipinski definition) is 3. The lowest BCUT2D eigenvalue weighted by atomic mass is 9.85. The van der Waals surface area contributed by atoms with Crippen LogP contribution in [0.1, 0.15) is 52.5 Å². The lowest BCUT2D eigenvalue weighted by Gasteiger charge is -2.36. The molecule has 5 atom stereocenters. The number of thiazole rings is 1. The van der Waals surface area contributed by atoms with Crippen LogP contribution in [0.15, 0.2) is 48.5 Å². The number of nitrogens with zero attached hydrogens (tertiary/aromatic N) is 2. The van der Waals surface area contributed by atoms with E-state index in [1.807, 2.05) is 31.2 Å². The number of carbonyl (C=O) groups excluding carboxylic acids is 2. The van der Waals surface area contributed by atoms with E-state index >= 15 is 0 Å². The van der Waals surface area contributed by atoms with Crippen LogP contribution in [0, 0.1) is 11.3 Å². The molecule has 3 aromatic rings. The Bertz CT molecular complexity index is 1540. The van der Waals surface area contributed by atoms with Crippen molar-refractivity contribution in [1.82, 2.24) is 15.2 Å². The van der Waals surface area contributed by atoms with Gasteiger partial charge in [-0.25, -0.2) is 9.78 Å². The van der Waals surface area contributed by atoms with E-state index in [0.717, 1.165) is 22.3 Å². The van der Waals surface area contributed by atoms with Crippen molar-refractivity contribution in [2.45, 2.75) is 76.9 Å². The Hall–Kier alpha value is -3.87. The van der Waals surface area contributed by atoms with E-state index in [1.54, 1.807) is 20.8 Å². The van der Waals surface area contributed by atoms with Gasteiger partial charge in [-0.3, -0.25) is 9.59 Å². The van der Waals surface area contributed by atoms with E-state index in [4.69, 9.17) is 4.74 Å². The normalized spacial score (nSPS) is 24.2. The zero-order valence-electron chi connectivity index (χ0n) is 24.8. The number of benzene rings is 2. The van der Waals surface area contributed by atoms with Crippen LogP contribution < -0.4 is 15.4 Å². The first-order valence-corrected chi connectivity index (χ1v) is 15.3. The third-order valence-electron chi connectivity index (χ3n) is 8.33. The monoisotopic (exact) mass is 632 g/mol. The van der Waals surface area contributed by atoms with Crippen molar-refractivity contribution in [3.8, 4) is 5.19 Å². The molecule has 2 aromatic carbocycles. The largest absolute Gasteiger partial charge is 0.479 e.